The number of nitrogens with one attached hydrogen (secondary N) is 2. The van der Waals surface area contributed by atoms with Crippen molar-refractivity contribution in [2.45, 2.75) is 64.3 Å². The third kappa shape index (κ3) is 3.77. The van der Waals surface area contributed by atoms with Crippen LogP contribution >= 0.6 is 0 Å². The Hall–Kier alpha value is -2.37. The van der Waals surface area contributed by atoms with Gasteiger partial charge in [-0.15, -0.1) is 0 Å². The van der Waals surface area contributed by atoms with Gasteiger partial charge < -0.3 is 10.4 Å². The molecule has 6 heteroatoms. The van der Waals surface area contributed by atoms with Crippen LogP contribution in [0.4, 0.5) is 0 Å². The minimum absolute atomic E-state index is 0.0112. The van der Waals surface area contributed by atoms with Crippen molar-refractivity contribution >= 4 is 17.5 Å². The number of amides is 2. The summed E-state index contributed by atoms with van der Waals surface area (Å²) >= 11 is 0. The normalized spacial score (nSPS) is 30.9. The van der Waals surface area contributed by atoms with Crippen molar-refractivity contribution in [2.24, 2.45) is 22.9 Å². The monoisotopic (exact) mass is 383 g/mol. The average molecular weight is 383 g/mol. The Kier molecular flexibility index (Phi) is 4.89. The van der Waals surface area contributed by atoms with Crippen LogP contribution in [0.5, 0.6) is 5.75 Å². The number of para-hydroxylation sites is 1. The number of rotatable bonds is 5. The highest BCUT2D eigenvalue weighted by Gasteiger charge is 2.51. The second-order valence-corrected chi connectivity index (χ2v) is 9.18. The number of aryl methyl sites for hydroxylation is 1. The lowest BCUT2D eigenvalue weighted by molar-refractivity contribution is -0.125. The first-order valence-electron chi connectivity index (χ1n) is 10.3. The van der Waals surface area contributed by atoms with E-state index in [2.05, 4.69) is 15.8 Å². The van der Waals surface area contributed by atoms with Crippen LogP contribution in [-0.4, -0.2) is 28.2 Å². The van der Waals surface area contributed by atoms with Crippen molar-refractivity contribution in [1.82, 2.24) is 10.7 Å². The zero-order valence-electron chi connectivity index (χ0n) is 16.6. The van der Waals surface area contributed by atoms with Gasteiger partial charge in [0, 0.05) is 11.3 Å². The van der Waals surface area contributed by atoms with Crippen molar-refractivity contribution in [3.63, 3.8) is 0 Å². The molecule has 0 spiro atoms. The number of hydrazone groups is 1. The Morgan fingerprint density at radius 2 is 1.75 bits per heavy atom. The molecule has 3 N–H and O–H groups in total. The lowest BCUT2D eigenvalue weighted by Gasteiger charge is -2.56. The van der Waals surface area contributed by atoms with Gasteiger partial charge in [0.2, 0.25) is 5.91 Å². The Morgan fingerprint density at radius 1 is 1.14 bits per heavy atom. The number of hydrogen-bond acceptors (Lipinski definition) is 4. The summed E-state index contributed by atoms with van der Waals surface area (Å²) in [5.41, 5.74) is 3.78. The molecule has 5 rings (SSSR count). The molecule has 0 atom stereocenters. The van der Waals surface area contributed by atoms with Gasteiger partial charge >= 0.3 is 0 Å². The molecule has 0 aliphatic heterocycles. The zero-order valence-corrected chi connectivity index (χ0v) is 16.6. The molecule has 1 aromatic carbocycles. The van der Waals surface area contributed by atoms with E-state index in [4.69, 9.17) is 0 Å². The lowest BCUT2D eigenvalue weighted by atomic mass is 9.53. The maximum atomic E-state index is 12.6. The summed E-state index contributed by atoms with van der Waals surface area (Å²) in [6.07, 6.45) is 7.54. The Balaban J connectivity index is 1.33. The number of aromatic hydroxyl groups is 1. The van der Waals surface area contributed by atoms with E-state index in [0.29, 0.717) is 11.3 Å². The fourth-order valence-corrected chi connectivity index (χ4v) is 5.92. The highest BCUT2D eigenvalue weighted by molar-refractivity contribution is 6.02. The second kappa shape index (κ2) is 7.22. The molecule has 2 amide bonds. The second-order valence-electron chi connectivity index (χ2n) is 9.18. The molecule has 4 aliphatic carbocycles. The molecule has 6 nitrogen and oxygen atoms in total. The summed E-state index contributed by atoms with van der Waals surface area (Å²) in [6.45, 7) is 3.46. The average Bonchev–Trinajstić information content (AvgIpc) is 2.60. The van der Waals surface area contributed by atoms with Gasteiger partial charge in [0.05, 0.1) is 12.0 Å². The molecule has 0 aromatic heterocycles. The van der Waals surface area contributed by atoms with Gasteiger partial charge in [-0.2, -0.15) is 5.10 Å². The number of phenolic OH excluding ortho intramolecular Hbond substituents is 1. The summed E-state index contributed by atoms with van der Waals surface area (Å²) in [5.74, 6) is 1.79. The lowest BCUT2D eigenvalue weighted by Crippen LogP contribution is -2.60. The predicted octanol–water partition coefficient (Wildman–Crippen LogP) is 3.28. The number of hydrogen-bond donors (Lipinski definition) is 3. The standard InChI is InChI=1S/C22H29N3O3/c1-13-4-3-5-18(20(13)27)21(28)25-24-14(2)6-19(26)23-22-10-15-7-16(11-22)9-17(8-15)12-22/h3-5,15-17,27H,6-12H2,1-2H3,(H,23,26)(H,25,28)/b24-14+. The predicted molar refractivity (Wildman–Crippen MR) is 107 cm³/mol. The molecule has 4 aliphatic rings. The topological polar surface area (TPSA) is 90.8 Å². The van der Waals surface area contributed by atoms with Crippen LogP contribution in [0, 0.1) is 24.7 Å². The summed E-state index contributed by atoms with van der Waals surface area (Å²) < 4.78 is 0. The van der Waals surface area contributed by atoms with Crippen molar-refractivity contribution in [1.29, 1.82) is 0 Å². The third-order valence-electron chi connectivity index (χ3n) is 6.69. The van der Waals surface area contributed by atoms with Crippen LogP contribution in [0.2, 0.25) is 0 Å². The van der Waals surface area contributed by atoms with E-state index in [9.17, 15) is 14.7 Å². The molecule has 4 fully saturated rings. The Bertz CT molecular complexity index is 795. The maximum Gasteiger partial charge on any atom is 0.275 e. The molecule has 0 saturated heterocycles. The van der Waals surface area contributed by atoms with Crippen molar-refractivity contribution in [3.8, 4) is 5.75 Å². The molecule has 1 aromatic rings. The number of phenols is 1. The van der Waals surface area contributed by atoms with Gasteiger partial charge in [0.25, 0.3) is 5.91 Å². The summed E-state index contributed by atoms with van der Waals surface area (Å²) in [7, 11) is 0. The van der Waals surface area contributed by atoms with Crippen LogP contribution in [0.25, 0.3) is 0 Å². The van der Waals surface area contributed by atoms with Crippen LogP contribution in [0.15, 0.2) is 23.3 Å². The van der Waals surface area contributed by atoms with Crippen LogP contribution < -0.4 is 10.7 Å². The quantitative estimate of drug-likeness (QED) is 0.538. The van der Waals surface area contributed by atoms with Crippen LogP contribution in [-0.2, 0) is 4.79 Å². The van der Waals surface area contributed by atoms with Crippen LogP contribution in [0.3, 0.4) is 0 Å². The van der Waals surface area contributed by atoms with Gasteiger partial charge in [-0.3, -0.25) is 9.59 Å². The third-order valence-corrected chi connectivity index (χ3v) is 6.69. The fraction of sp³-hybridized carbons (Fsp3) is 0.591. The van der Waals surface area contributed by atoms with Crippen LogP contribution in [0.1, 0.15) is 67.8 Å². The fourth-order valence-electron chi connectivity index (χ4n) is 5.92. The van der Waals surface area contributed by atoms with Gasteiger partial charge in [-0.25, -0.2) is 5.43 Å². The minimum atomic E-state index is -0.484. The van der Waals surface area contributed by atoms with E-state index in [1.165, 1.54) is 19.3 Å². The molecule has 150 valence electrons. The Morgan fingerprint density at radius 3 is 2.36 bits per heavy atom. The first kappa shape index (κ1) is 19.0. The number of carbonyl (C=O) groups is 2. The SMILES string of the molecule is C/C(CC(=O)NC12CC3CC(CC(C3)C1)C2)=N\NC(=O)c1cccc(C)c1O. The van der Waals surface area contributed by atoms with E-state index in [1.54, 1.807) is 32.0 Å². The number of carbonyl (C=O) groups excluding carboxylic acids is 2. The number of nitrogens with zero attached hydrogens (tertiary/aromatic N) is 1. The van der Waals surface area contributed by atoms with E-state index in [0.717, 1.165) is 37.0 Å². The van der Waals surface area contributed by atoms with Crippen molar-refractivity contribution in [2.75, 3.05) is 0 Å². The minimum Gasteiger partial charge on any atom is -0.507 e. The van der Waals surface area contributed by atoms with Crippen molar-refractivity contribution in [3.05, 3.63) is 29.3 Å². The molecule has 0 radical (unpaired) electrons. The molecule has 0 unspecified atom stereocenters. The molecule has 4 saturated carbocycles. The Labute approximate surface area is 165 Å². The summed E-state index contributed by atoms with van der Waals surface area (Å²) in [5, 5.41) is 17.4. The van der Waals surface area contributed by atoms with Gasteiger partial charge in [-0.05, 0) is 81.8 Å². The maximum absolute atomic E-state index is 12.6. The van der Waals surface area contributed by atoms with E-state index in [1.807, 2.05) is 0 Å². The summed E-state index contributed by atoms with van der Waals surface area (Å²) in [6, 6.07) is 4.98. The van der Waals surface area contributed by atoms with Crippen molar-refractivity contribution < 1.29 is 14.7 Å². The molecular weight excluding hydrogens is 354 g/mol. The molecule has 4 bridgehead atoms. The van der Waals surface area contributed by atoms with Gasteiger partial charge in [-0.1, -0.05) is 12.1 Å². The molecule has 0 heterocycles. The largest absolute Gasteiger partial charge is 0.507 e. The van der Waals surface area contributed by atoms with E-state index >= 15 is 0 Å². The molecular formula is C22H29N3O3. The molecule has 28 heavy (non-hydrogen) atoms. The van der Waals surface area contributed by atoms with Gasteiger partial charge in [0.15, 0.2) is 0 Å². The smallest absolute Gasteiger partial charge is 0.275 e. The highest BCUT2D eigenvalue weighted by atomic mass is 16.3. The highest BCUT2D eigenvalue weighted by Crippen LogP contribution is 2.55. The van der Waals surface area contributed by atoms with E-state index < -0.39 is 5.91 Å². The van der Waals surface area contributed by atoms with E-state index in [-0.39, 0.29) is 29.2 Å². The summed E-state index contributed by atoms with van der Waals surface area (Å²) in [4.78, 5) is 24.8. The first-order chi connectivity index (χ1) is 13.3. The zero-order chi connectivity index (χ0) is 19.9. The van der Waals surface area contributed by atoms with Gasteiger partial charge in [0.1, 0.15) is 5.75 Å². The number of benzene rings is 1. The first-order valence-corrected chi connectivity index (χ1v) is 10.3.